The molecule has 1 heterocycles. The van der Waals surface area contributed by atoms with Crippen LogP contribution < -0.4 is 0 Å². The lowest BCUT2D eigenvalue weighted by molar-refractivity contribution is 0.0864. The minimum Gasteiger partial charge on any atom is -0.294 e. The fourth-order valence-electron chi connectivity index (χ4n) is 2.61. The molecule has 0 spiro atoms. The second-order valence-electron chi connectivity index (χ2n) is 4.82. The van der Waals surface area contributed by atoms with Gasteiger partial charge in [0.15, 0.2) is 5.78 Å². The summed E-state index contributed by atoms with van der Waals surface area (Å²) >= 11 is 1.78. The summed E-state index contributed by atoms with van der Waals surface area (Å²) in [7, 11) is 0. The fourth-order valence-corrected chi connectivity index (χ4v) is 3.72. The van der Waals surface area contributed by atoms with Crippen molar-refractivity contribution in [2.24, 2.45) is 11.8 Å². The number of hydrogen-bond acceptors (Lipinski definition) is 2. The van der Waals surface area contributed by atoms with Crippen LogP contribution in [0.4, 0.5) is 0 Å². The number of hydrogen-bond donors (Lipinski definition) is 0. The van der Waals surface area contributed by atoms with Gasteiger partial charge in [0.1, 0.15) is 0 Å². The highest BCUT2D eigenvalue weighted by Gasteiger charge is 2.32. The Morgan fingerprint density at radius 2 is 1.93 bits per heavy atom. The summed E-state index contributed by atoms with van der Waals surface area (Å²) in [6.07, 6.45) is 2.14. The molecule has 1 aliphatic carbocycles. The van der Waals surface area contributed by atoms with E-state index in [-0.39, 0.29) is 5.92 Å². The van der Waals surface area contributed by atoms with Crippen LogP contribution in [0.5, 0.6) is 0 Å². The van der Waals surface area contributed by atoms with Crippen LogP contribution in [0.1, 0.15) is 45.9 Å². The van der Waals surface area contributed by atoms with Crippen LogP contribution in [-0.2, 0) is 6.42 Å². The molecule has 1 aliphatic rings. The number of carbonyl (C=O) groups excluding carboxylic acids is 1. The molecule has 1 unspecified atom stereocenters. The Morgan fingerprint density at radius 3 is 2.53 bits per heavy atom. The number of rotatable bonds is 1. The molecule has 82 valence electrons. The van der Waals surface area contributed by atoms with E-state index in [9.17, 15) is 4.79 Å². The molecule has 0 bridgehead atoms. The molecule has 0 saturated heterocycles. The van der Waals surface area contributed by atoms with Crippen molar-refractivity contribution in [2.45, 2.75) is 40.5 Å². The molecule has 2 rings (SSSR count). The monoisotopic (exact) mass is 222 g/mol. The third-order valence-electron chi connectivity index (χ3n) is 3.48. The largest absolute Gasteiger partial charge is 0.294 e. The summed E-state index contributed by atoms with van der Waals surface area (Å²) in [5.41, 5.74) is 2.39. The molecular formula is C13H18OS. The van der Waals surface area contributed by atoms with E-state index in [1.807, 2.05) is 0 Å². The zero-order valence-electron chi connectivity index (χ0n) is 9.89. The Kier molecular flexibility index (Phi) is 2.72. The quantitative estimate of drug-likeness (QED) is 0.707. The van der Waals surface area contributed by atoms with Gasteiger partial charge in [-0.25, -0.2) is 0 Å². The van der Waals surface area contributed by atoms with Crippen LogP contribution in [0, 0.1) is 25.7 Å². The van der Waals surface area contributed by atoms with Gasteiger partial charge in [-0.05, 0) is 38.2 Å². The van der Waals surface area contributed by atoms with Gasteiger partial charge in [-0.3, -0.25) is 4.79 Å². The van der Waals surface area contributed by atoms with Crippen molar-refractivity contribution in [3.05, 3.63) is 20.9 Å². The standard InChI is InChI=1S/C13H18OS/c1-7(2)10-5-6-11-8(3)15-9(4)12(11)13(10)14/h7,10H,5-6H2,1-4H3. The first-order valence-electron chi connectivity index (χ1n) is 5.65. The number of aryl methyl sites for hydroxylation is 2. The first-order valence-corrected chi connectivity index (χ1v) is 6.47. The molecule has 1 nitrogen and oxygen atoms in total. The SMILES string of the molecule is Cc1sc(C)c2c1CCC(C(C)C)C2=O. The number of fused-ring (bicyclic) bond motifs is 1. The average Bonchev–Trinajstić information content (AvgIpc) is 2.43. The van der Waals surface area contributed by atoms with Gasteiger partial charge in [-0.2, -0.15) is 0 Å². The molecule has 2 heteroatoms. The lowest BCUT2D eigenvalue weighted by atomic mass is 9.77. The van der Waals surface area contributed by atoms with E-state index in [0.29, 0.717) is 11.7 Å². The van der Waals surface area contributed by atoms with Crippen LogP contribution in [0.3, 0.4) is 0 Å². The predicted octanol–water partition coefficient (Wildman–Crippen LogP) is 3.77. The zero-order chi connectivity index (χ0) is 11.2. The van der Waals surface area contributed by atoms with Gasteiger partial charge < -0.3 is 0 Å². The van der Waals surface area contributed by atoms with Crippen LogP contribution in [0.25, 0.3) is 0 Å². The molecule has 0 radical (unpaired) electrons. The normalized spacial score (nSPS) is 20.9. The highest BCUT2D eigenvalue weighted by molar-refractivity contribution is 7.12. The average molecular weight is 222 g/mol. The van der Waals surface area contributed by atoms with Gasteiger partial charge in [0, 0.05) is 21.2 Å². The molecule has 0 N–H and O–H groups in total. The van der Waals surface area contributed by atoms with Gasteiger partial charge in [-0.15, -0.1) is 11.3 Å². The lowest BCUT2D eigenvalue weighted by Crippen LogP contribution is -2.26. The van der Waals surface area contributed by atoms with Gasteiger partial charge in [0.2, 0.25) is 0 Å². The Morgan fingerprint density at radius 1 is 1.27 bits per heavy atom. The third-order valence-corrected chi connectivity index (χ3v) is 4.54. The van der Waals surface area contributed by atoms with E-state index < -0.39 is 0 Å². The Hall–Kier alpha value is -0.630. The van der Waals surface area contributed by atoms with Gasteiger partial charge in [0.05, 0.1) is 0 Å². The molecule has 0 fully saturated rings. The molecule has 1 atom stereocenters. The molecule has 15 heavy (non-hydrogen) atoms. The van der Waals surface area contributed by atoms with Crippen LogP contribution in [0.15, 0.2) is 0 Å². The highest BCUT2D eigenvalue weighted by Crippen LogP contribution is 2.37. The topological polar surface area (TPSA) is 17.1 Å². The maximum atomic E-state index is 12.3. The first kappa shape index (κ1) is 10.9. The van der Waals surface area contributed by atoms with E-state index in [0.717, 1.165) is 18.4 Å². The molecule has 0 saturated carbocycles. The highest BCUT2D eigenvalue weighted by atomic mass is 32.1. The van der Waals surface area contributed by atoms with Crippen LogP contribution >= 0.6 is 11.3 Å². The molecule has 0 amide bonds. The van der Waals surface area contributed by atoms with Crippen LogP contribution in [0.2, 0.25) is 0 Å². The lowest BCUT2D eigenvalue weighted by Gasteiger charge is -2.25. The van der Waals surface area contributed by atoms with Crippen LogP contribution in [-0.4, -0.2) is 5.78 Å². The first-order chi connectivity index (χ1) is 7.02. The summed E-state index contributed by atoms with van der Waals surface area (Å²) in [6.45, 7) is 8.53. The van der Waals surface area contributed by atoms with Crippen molar-refractivity contribution in [1.82, 2.24) is 0 Å². The van der Waals surface area contributed by atoms with Crippen molar-refractivity contribution in [1.29, 1.82) is 0 Å². The maximum Gasteiger partial charge on any atom is 0.167 e. The fraction of sp³-hybridized carbons (Fsp3) is 0.615. The van der Waals surface area contributed by atoms with Crippen molar-refractivity contribution in [2.75, 3.05) is 0 Å². The summed E-state index contributed by atoms with van der Waals surface area (Å²) in [4.78, 5) is 14.9. The predicted molar refractivity (Wildman–Crippen MR) is 64.8 cm³/mol. The van der Waals surface area contributed by atoms with Crippen molar-refractivity contribution in [3.8, 4) is 0 Å². The molecule has 0 aliphatic heterocycles. The molecule has 1 aromatic rings. The van der Waals surface area contributed by atoms with Crippen molar-refractivity contribution >= 4 is 17.1 Å². The Labute approximate surface area is 95.5 Å². The number of Topliss-reactive ketones (excluding diaryl/α,β-unsaturated/α-hetero) is 1. The summed E-state index contributed by atoms with van der Waals surface area (Å²) < 4.78 is 0. The maximum absolute atomic E-state index is 12.3. The molecular weight excluding hydrogens is 204 g/mol. The smallest absolute Gasteiger partial charge is 0.167 e. The zero-order valence-corrected chi connectivity index (χ0v) is 10.7. The Bertz CT molecular complexity index is 401. The summed E-state index contributed by atoms with van der Waals surface area (Å²) in [5, 5.41) is 0. The van der Waals surface area contributed by atoms with E-state index in [4.69, 9.17) is 0 Å². The minimum absolute atomic E-state index is 0.255. The van der Waals surface area contributed by atoms with E-state index in [1.165, 1.54) is 15.3 Å². The number of thiophene rings is 1. The van der Waals surface area contributed by atoms with Gasteiger partial charge >= 0.3 is 0 Å². The van der Waals surface area contributed by atoms with Gasteiger partial charge in [0.25, 0.3) is 0 Å². The van der Waals surface area contributed by atoms with E-state index in [1.54, 1.807) is 11.3 Å². The molecule has 1 aromatic heterocycles. The number of ketones is 1. The van der Waals surface area contributed by atoms with Crippen molar-refractivity contribution in [3.63, 3.8) is 0 Å². The third kappa shape index (κ3) is 1.65. The van der Waals surface area contributed by atoms with E-state index >= 15 is 0 Å². The van der Waals surface area contributed by atoms with E-state index in [2.05, 4.69) is 27.7 Å². The second kappa shape index (κ2) is 3.75. The van der Waals surface area contributed by atoms with Gasteiger partial charge in [-0.1, -0.05) is 13.8 Å². The minimum atomic E-state index is 0.255. The van der Waals surface area contributed by atoms with Crippen molar-refractivity contribution < 1.29 is 4.79 Å². The summed E-state index contributed by atoms with van der Waals surface area (Å²) in [6, 6.07) is 0. The number of carbonyl (C=O) groups is 1. The summed E-state index contributed by atoms with van der Waals surface area (Å²) in [5.74, 6) is 1.13. The second-order valence-corrected chi connectivity index (χ2v) is 6.25. The Balaban J connectivity index is 2.46. The molecule has 0 aromatic carbocycles.